The lowest BCUT2D eigenvalue weighted by molar-refractivity contribution is -0.192. The van der Waals surface area contributed by atoms with E-state index in [4.69, 9.17) is 9.47 Å². The lowest BCUT2D eigenvalue weighted by Crippen LogP contribution is -2.48. The van der Waals surface area contributed by atoms with Gasteiger partial charge in [0.05, 0.1) is 19.1 Å². The molecule has 1 saturated carbocycles. The summed E-state index contributed by atoms with van der Waals surface area (Å²) in [4.78, 5) is 17.9. The van der Waals surface area contributed by atoms with Crippen LogP contribution in [0.3, 0.4) is 0 Å². The van der Waals surface area contributed by atoms with E-state index in [9.17, 15) is 4.79 Å². The van der Waals surface area contributed by atoms with Gasteiger partial charge in [0.25, 0.3) is 0 Å². The van der Waals surface area contributed by atoms with E-state index in [-0.39, 0.29) is 11.8 Å². The van der Waals surface area contributed by atoms with Crippen molar-refractivity contribution in [2.75, 3.05) is 39.4 Å². The average Bonchev–Trinajstić information content (AvgIpc) is 3.31. The van der Waals surface area contributed by atoms with E-state index in [1.807, 2.05) is 0 Å². The number of nitrogens with zero attached hydrogens (tertiary/aromatic N) is 2. The minimum absolute atomic E-state index is 0.0734. The van der Waals surface area contributed by atoms with Crippen LogP contribution in [0, 0.1) is 11.8 Å². The number of rotatable bonds is 4. The summed E-state index contributed by atoms with van der Waals surface area (Å²) < 4.78 is 11.8. The Morgan fingerprint density at radius 3 is 2.50 bits per heavy atom. The van der Waals surface area contributed by atoms with E-state index in [2.05, 4.69) is 16.7 Å². The molecule has 3 saturated heterocycles. The summed E-state index contributed by atoms with van der Waals surface area (Å²) in [5, 5.41) is 0. The van der Waals surface area contributed by atoms with E-state index in [1.165, 1.54) is 38.8 Å². The molecule has 4 aliphatic rings. The molecule has 1 aliphatic carbocycles. The molecule has 0 unspecified atom stereocenters. The number of piperidine rings is 2. The summed E-state index contributed by atoms with van der Waals surface area (Å²) in [6.07, 6.45) is 10.6. The number of likely N-dealkylation sites (tertiary alicyclic amines) is 2. The quantitative estimate of drug-likeness (QED) is 0.769. The molecule has 1 spiro atoms. The molecule has 2 atom stereocenters. The van der Waals surface area contributed by atoms with Crippen LogP contribution in [-0.4, -0.2) is 66.9 Å². The van der Waals surface area contributed by atoms with Gasteiger partial charge in [-0.2, -0.15) is 0 Å². The number of ether oxygens (including phenoxy) is 2. The zero-order chi connectivity index (χ0) is 18.0. The highest BCUT2D eigenvalue weighted by Gasteiger charge is 2.52. The number of carbonyl (C=O) groups excluding carboxylic acids is 1. The minimum Gasteiger partial charge on any atom is -0.347 e. The Balaban J connectivity index is 1.24. The Morgan fingerprint density at radius 2 is 1.77 bits per heavy atom. The molecule has 0 radical (unpaired) electrons. The van der Waals surface area contributed by atoms with Crippen molar-refractivity contribution in [2.45, 2.75) is 76.5 Å². The maximum atomic E-state index is 13.1. The van der Waals surface area contributed by atoms with Gasteiger partial charge in [-0.25, -0.2) is 0 Å². The second-order valence-corrected chi connectivity index (χ2v) is 8.89. The van der Waals surface area contributed by atoms with Crippen LogP contribution < -0.4 is 0 Å². The first-order valence-corrected chi connectivity index (χ1v) is 11.0. The molecule has 5 heteroatoms. The molecule has 0 N–H and O–H groups in total. The molecule has 26 heavy (non-hydrogen) atoms. The first kappa shape index (κ1) is 18.7. The number of amides is 1. The molecule has 0 aromatic rings. The van der Waals surface area contributed by atoms with Crippen molar-refractivity contribution in [3.05, 3.63) is 0 Å². The second-order valence-electron chi connectivity index (χ2n) is 8.89. The van der Waals surface area contributed by atoms with Gasteiger partial charge >= 0.3 is 0 Å². The highest BCUT2D eigenvalue weighted by molar-refractivity contribution is 5.80. The van der Waals surface area contributed by atoms with Crippen LogP contribution in [0.2, 0.25) is 0 Å². The smallest absolute Gasteiger partial charge is 0.231 e. The number of hydrogen-bond acceptors (Lipinski definition) is 4. The Hall–Kier alpha value is -0.650. The van der Waals surface area contributed by atoms with Crippen LogP contribution in [-0.2, 0) is 14.3 Å². The van der Waals surface area contributed by atoms with E-state index >= 15 is 0 Å². The molecular formula is C21H36N2O3. The Morgan fingerprint density at radius 1 is 1.00 bits per heavy atom. The average molecular weight is 365 g/mol. The summed E-state index contributed by atoms with van der Waals surface area (Å²) in [6, 6.07) is 0.760. The molecule has 1 amide bonds. The molecule has 3 heterocycles. The highest BCUT2D eigenvalue weighted by Crippen LogP contribution is 2.43. The Kier molecular flexibility index (Phi) is 5.87. The van der Waals surface area contributed by atoms with Crippen LogP contribution in [0.1, 0.15) is 64.7 Å². The zero-order valence-corrected chi connectivity index (χ0v) is 16.5. The van der Waals surface area contributed by atoms with Crippen molar-refractivity contribution >= 4 is 5.91 Å². The minimum atomic E-state index is -0.585. The topological polar surface area (TPSA) is 42.0 Å². The van der Waals surface area contributed by atoms with Gasteiger partial charge in [0.1, 0.15) is 0 Å². The third-order valence-corrected chi connectivity index (χ3v) is 7.31. The van der Waals surface area contributed by atoms with Crippen molar-refractivity contribution in [3.63, 3.8) is 0 Å². The molecule has 4 fully saturated rings. The molecule has 4 rings (SSSR count). The fourth-order valence-electron chi connectivity index (χ4n) is 5.57. The van der Waals surface area contributed by atoms with Gasteiger partial charge in [-0.15, -0.1) is 0 Å². The summed E-state index contributed by atoms with van der Waals surface area (Å²) >= 11 is 0. The third-order valence-electron chi connectivity index (χ3n) is 7.31. The fraction of sp³-hybridized carbons (Fsp3) is 0.952. The fourth-order valence-corrected chi connectivity index (χ4v) is 5.57. The lowest BCUT2D eigenvalue weighted by Gasteiger charge is -2.38. The van der Waals surface area contributed by atoms with Gasteiger partial charge in [0.15, 0.2) is 5.79 Å². The number of carbonyl (C=O) groups is 1. The number of hydrogen-bond donors (Lipinski definition) is 0. The molecule has 0 bridgehead atoms. The first-order valence-electron chi connectivity index (χ1n) is 11.0. The molecule has 5 nitrogen and oxygen atoms in total. The van der Waals surface area contributed by atoms with Gasteiger partial charge in [-0.1, -0.05) is 6.42 Å². The van der Waals surface area contributed by atoms with Gasteiger partial charge in [-0.3, -0.25) is 4.79 Å². The molecule has 0 aromatic carbocycles. The summed E-state index contributed by atoms with van der Waals surface area (Å²) in [7, 11) is 0. The summed E-state index contributed by atoms with van der Waals surface area (Å²) in [6.45, 7) is 8.03. The predicted molar refractivity (Wildman–Crippen MR) is 101 cm³/mol. The van der Waals surface area contributed by atoms with E-state index in [1.54, 1.807) is 0 Å². The maximum absolute atomic E-state index is 13.1. The van der Waals surface area contributed by atoms with E-state index in [0.29, 0.717) is 13.2 Å². The summed E-state index contributed by atoms with van der Waals surface area (Å²) in [5.74, 6) is 0.408. The van der Waals surface area contributed by atoms with Crippen molar-refractivity contribution < 1.29 is 14.3 Å². The highest BCUT2D eigenvalue weighted by atomic mass is 16.7. The van der Waals surface area contributed by atoms with Crippen LogP contribution in [0.15, 0.2) is 0 Å². The predicted octanol–water partition coefficient (Wildman–Crippen LogP) is 3.03. The second kappa shape index (κ2) is 8.15. The van der Waals surface area contributed by atoms with Crippen LogP contribution >= 0.6 is 0 Å². The lowest BCUT2D eigenvalue weighted by atomic mass is 9.91. The first-order chi connectivity index (χ1) is 12.7. The van der Waals surface area contributed by atoms with Crippen LogP contribution in [0.25, 0.3) is 0 Å². The Labute approximate surface area is 158 Å². The molecule has 148 valence electrons. The van der Waals surface area contributed by atoms with Gasteiger partial charge in [-0.05, 0) is 70.9 Å². The molecule has 3 aliphatic heterocycles. The van der Waals surface area contributed by atoms with Gasteiger partial charge < -0.3 is 19.3 Å². The van der Waals surface area contributed by atoms with Crippen molar-refractivity contribution in [2.24, 2.45) is 11.8 Å². The van der Waals surface area contributed by atoms with Gasteiger partial charge in [0, 0.05) is 25.6 Å². The normalized spacial score (nSPS) is 33.2. The van der Waals surface area contributed by atoms with Gasteiger partial charge in [0.2, 0.25) is 5.91 Å². The summed E-state index contributed by atoms with van der Waals surface area (Å²) in [5.41, 5.74) is 0. The standard InChI is InChI=1S/C21H36N2O3/c1-17-5-2-3-11-22(17)12-7-18-8-13-23(14-9-18)20(24)19-6-4-10-21(19)25-15-16-26-21/h17-19H,2-16H2,1H3/t17-,19+/m1/s1. The maximum Gasteiger partial charge on any atom is 0.231 e. The van der Waals surface area contributed by atoms with Crippen molar-refractivity contribution in [3.8, 4) is 0 Å². The van der Waals surface area contributed by atoms with Crippen LogP contribution in [0.5, 0.6) is 0 Å². The third kappa shape index (κ3) is 3.81. The van der Waals surface area contributed by atoms with Crippen LogP contribution in [0.4, 0.5) is 0 Å². The zero-order valence-electron chi connectivity index (χ0n) is 16.5. The van der Waals surface area contributed by atoms with Crippen molar-refractivity contribution in [1.82, 2.24) is 9.80 Å². The largest absolute Gasteiger partial charge is 0.347 e. The molecular weight excluding hydrogens is 328 g/mol. The monoisotopic (exact) mass is 364 g/mol. The molecule has 0 aromatic heterocycles. The van der Waals surface area contributed by atoms with E-state index in [0.717, 1.165) is 57.2 Å². The SMILES string of the molecule is C[C@@H]1CCCCN1CCC1CCN(C(=O)[C@@H]2CCCC23OCCO3)CC1. The van der Waals surface area contributed by atoms with Crippen molar-refractivity contribution in [1.29, 1.82) is 0 Å². The Bertz CT molecular complexity index is 478. The van der Waals surface area contributed by atoms with E-state index < -0.39 is 5.79 Å².